The molecule has 0 bridgehead atoms. The van der Waals surface area contributed by atoms with Crippen molar-refractivity contribution in [2.75, 3.05) is 44.6 Å². The molecule has 0 spiro atoms. The lowest BCUT2D eigenvalue weighted by atomic mass is 9.90. The molecule has 2 aromatic rings. The Bertz CT molecular complexity index is 847. The summed E-state index contributed by atoms with van der Waals surface area (Å²) >= 11 is 0. The van der Waals surface area contributed by atoms with Crippen molar-refractivity contribution in [3.05, 3.63) is 65.7 Å². The lowest BCUT2D eigenvalue weighted by Gasteiger charge is -2.34. The third-order valence-electron chi connectivity index (χ3n) is 5.76. The van der Waals surface area contributed by atoms with Gasteiger partial charge in [0.25, 0.3) is 0 Å². The molecule has 0 aliphatic carbocycles. The summed E-state index contributed by atoms with van der Waals surface area (Å²) in [6, 6.07) is 18.1. The molecular formula is C23H28N4O2. The largest absolute Gasteiger partial charge is 0.354 e. The van der Waals surface area contributed by atoms with Gasteiger partial charge < -0.3 is 10.6 Å². The van der Waals surface area contributed by atoms with Gasteiger partial charge >= 0.3 is 0 Å². The lowest BCUT2D eigenvalue weighted by Crippen LogP contribution is -2.48. The van der Waals surface area contributed by atoms with Crippen LogP contribution in [-0.2, 0) is 16.1 Å². The van der Waals surface area contributed by atoms with E-state index >= 15 is 0 Å². The van der Waals surface area contributed by atoms with Crippen LogP contribution in [0.1, 0.15) is 23.5 Å². The number of hydrogen-bond donors (Lipinski definition) is 2. The summed E-state index contributed by atoms with van der Waals surface area (Å²) in [7, 11) is 0. The number of carbonyl (C=O) groups excluding carboxylic acids is 2. The van der Waals surface area contributed by atoms with Crippen molar-refractivity contribution in [2.24, 2.45) is 0 Å². The van der Waals surface area contributed by atoms with Crippen LogP contribution < -0.4 is 10.6 Å². The number of carbonyl (C=O) groups is 2. The number of amides is 2. The van der Waals surface area contributed by atoms with Crippen molar-refractivity contribution in [2.45, 2.75) is 18.9 Å². The fourth-order valence-corrected chi connectivity index (χ4v) is 4.12. The fourth-order valence-electron chi connectivity index (χ4n) is 4.12. The summed E-state index contributed by atoms with van der Waals surface area (Å²) in [4.78, 5) is 29.5. The Hall–Kier alpha value is -2.70. The van der Waals surface area contributed by atoms with Crippen LogP contribution in [0.25, 0.3) is 0 Å². The van der Waals surface area contributed by atoms with Gasteiger partial charge in [-0.25, -0.2) is 0 Å². The molecule has 2 heterocycles. The Labute approximate surface area is 171 Å². The molecule has 6 heteroatoms. The second-order valence-electron chi connectivity index (χ2n) is 7.79. The highest BCUT2D eigenvalue weighted by Crippen LogP contribution is 2.31. The third-order valence-corrected chi connectivity index (χ3v) is 5.76. The highest BCUT2D eigenvalue weighted by molar-refractivity contribution is 6.01. The highest BCUT2D eigenvalue weighted by Gasteiger charge is 2.30. The molecule has 29 heavy (non-hydrogen) atoms. The molecule has 6 nitrogen and oxygen atoms in total. The molecule has 0 saturated carbocycles. The Morgan fingerprint density at radius 3 is 2.45 bits per heavy atom. The van der Waals surface area contributed by atoms with Gasteiger partial charge in [0.05, 0.1) is 5.92 Å². The van der Waals surface area contributed by atoms with Gasteiger partial charge in [0, 0.05) is 57.9 Å². The predicted octanol–water partition coefficient (Wildman–Crippen LogP) is 2.05. The topological polar surface area (TPSA) is 64.7 Å². The maximum absolute atomic E-state index is 12.7. The normalized spacial score (nSPS) is 20.0. The molecule has 1 fully saturated rings. The van der Waals surface area contributed by atoms with Crippen molar-refractivity contribution in [3.8, 4) is 0 Å². The monoisotopic (exact) mass is 392 g/mol. The van der Waals surface area contributed by atoms with Crippen LogP contribution in [0.2, 0.25) is 0 Å². The van der Waals surface area contributed by atoms with Gasteiger partial charge in [0.2, 0.25) is 11.8 Å². The van der Waals surface area contributed by atoms with Crippen molar-refractivity contribution < 1.29 is 9.59 Å². The van der Waals surface area contributed by atoms with Gasteiger partial charge in [-0.2, -0.15) is 0 Å². The number of hydrogen-bond acceptors (Lipinski definition) is 4. The number of nitrogens with zero attached hydrogens (tertiary/aromatic N) is 2. The lowest BCUT2D eigenvalue weighted by molar-refractivity contribution is -0.126. The van der Waals surface area contributed by atoms with Crippen LogP contribution in [0, 0.1) is 0 Å². The van der Waals surface area contributed by atoms with E-state index in [4.69, 9.17) is 0 Å². The van der Waals surface area contributed by atoms with E-state index in [9.17, 15) is 9.59 Å². The van der Waals surface area contributed by atoms with Crippen LogP contribution >= 0.6 is 0 Å². The maximum Gasteiger partial charge on any atom is 0.228 e. The molecule has 2 N–H and O–H groups in total. The first kappa shape index (κ1) is 19.6. The molecule has 2 aromatic carbocycles. The van der Waals surface area contributed by atoms with E-state index in [1.165, 1.54) is 5.56 Å². The molecular weight excluding hydrogens is 364 g/mol. The van der Waals surface area contributed by atoms with E-state index in [0.717, 1.165) is 50.5 Å². The first-order chi connectivity index (χ1) is 14.2. The van der Waals surface area contributed by atoms with E-state index < -0.39 is 5.92 Å². The highest BCUT2D eigenvalue weighted by atomic mass is 16.2. The van der Waals surface area contributed by atoms with Gasteiger partial charge in [-0.05, 0) is 17.2 Å². The molecule has 152 valence electrons. The molecule has 2 amide bonds. The van der Waals surface area contributed by atoms with Crippen molar-refractivity contribution in [3.63, 3.8) is 0 Å². The van der Waals surface area contributed by atoms with Gasteiger partial charge in [0.15, 0.2) is 0 Å². The van der Waals surface area contributed by atoms with Crippen LogP contribution in [0.3, 0.4) is 0 Å². The molecule has 2 aliphatic heterocycles. The molecule has 1 saturated heterocycles. The van der Waals surface area contributed by atoms with Crippen LogP contribution in [0.5, 0.6) is 0 Å². The second-order valence-corrected chi connectivity index (χ2v) is 7.79. The van der Waals surface area contributed by atoms with Crippen molar-refractivity contribution in [1.82, 2.24) is 15.1 Å². The van der Waals surface area contributed by atoms with E-state index in [-0.39, 0.29) is 18.2 Å². The summed E-state index contributed by atoms with van der Waals surface area (Å²) in [5.41, 5.74) is 3.00. The summed E-state index contributed by atoms with van der Waals surface area (Å²) in [6.45, 7) is 6.55. The zero-order valence-electron chi connectivity index (χ0n) is 16.6. The summed E-state index contributed by atoms with van der Waals surface area (Å²) < 4.78 is 0. The zero-order valence-corrected chi connectivity index (χ0v) is 16.6. The minimum absolute atomic E-state index is 0.0602. The Morgan fingerprint density at radius 1 is 0.966 bits per heavy atom. The number of nitrogens with one attached hydrogen (secondary N) is 2. The van der Waals surface area contributed by atoms with Crippen molar-refractivity contribution >= 4 is 17.5 Å². The van der Waals surface area contributed by atoms with E-state index in [0.29, 0.717) is 6.54 Å². The van der Waals surface area contributed by atoms with E-state index in [2.05, 4.69) is 44.7 Å². The number of piperazine rings is 1. The number of fused-ring (bicyclic) bond motifs is 1. The third kappa shape index (κ3) is 5.02. The minimum Gasteiger partial charge on any atom is -0.354 e. The molecule has 1 atom stereocenters. The predicted molar refractivity (Wildman–Crippen MR) is 114 cm³/mol. The minimum atomic E-state index is -0.400. The quantitative estimate of drug-likeness (QED) is 0.790. The van der Waals surface area contributed by atoms with E-state index in [1.54, 1.807) is 0 Å². The summed E-state index contributed by atoms with van der Waals surface area (Å²) in [6.07, 6.45) is 0.209. The second kappa shape index (κ2) is 9.20. The van der Waals surface area contributed by atoms with Crippen LogP contribution in [0.15, 0.2) is 54.6 Å². The first-order valence-corrected chi connectivity index (χ1v) is 10.3. The molecule has 0 radical (unpaired) electrons. The summed E-state index contributed by atoms with van der Waals surface area (Å²) in [5, 5.41) is 5.88. The Kier molecular flexibility index (Phi) is 6.22. The smallest absolute Gasteiger partial charge is 0.228 e. The number of para-hydroxylation sites is 1. The molecule has 1 unspecified atom stereocenters. The number of rotatable bonds is 6. The Morgan fingerprint density at radius 2 is 1.66 bits per heavy atom. The van der Waals surface area contributed by atoms with Gasteiger partial charge in [-0.3, -0.25) is 19.4 Å². The molecule has 2 aliphatic rings. The average Bonchev–Trinajstić information content (AvgIpc) is 2.75. The van der Waals surface area contributed by atoms with Crippen LogP contribution in [-0.4, -0.2) is 60.9 Å². The maximum atomic E-state index is 12.7. The first-order valence-electron chi connectivity index (χ1n) is 10.3. The zero-order chi connectivity index (χ0) is 20.1. The SMILES string of the molecule is O=C1CC(C(=O)NCCN2CCN(Cc3ccccc3)CC2)c2ccccc2N1. The number of benzene rings is 2. The fraction of sp³-hybridized carbons (Fsp3) is 0.391. The average molecular weight is 393 g/mol. The van der Waals surface area contributed by atoms with Gasteiger partial charge in [-0.15, -0.1) is 0 Å². The van der Waals surface area contributed by atoms with Gasteiger partial charge in [-0.1, -0.05) is 48.5 Å². The summed E-state index contributed by atoms with van der Waals surface area (Å²) in [5.74, 6) is -0.559. The Balaban J connectivity index is 1.21. The van der Waals surface area contributed by atoms with Gasteiger partial charge in [0.1, 0.15) is 0 Å². The van der Waals surface area contributed by atoms with E-state index in [1.807, 2.05) is 30.3 Å². The number of anilines is 1. The molecule has 0 aromatic heterocycles. The molecule has 4 rings (SSSR count). The van der Waals surface area contributed by atoms with Crippen LogP contribution in [0.4, 0.5) is 5.69 Å². The van der Waals surface area contributed by atoms with Crippen molar-refractivity contribution in [1.29, 1.82) is 0 Å². The standard InChI is InChI=1S/C23H28N4O2/c28-22-16-20(19-8-4-5-9-21(19)25-22)23(29)24-10-11-26-12-14-27(15-13-26)17-18-6-2-1-3-7-18/h1-9,20H,10-17H2,(H,24,29)(H,25,28).